The Morgan fingerprint density at radius 1 is 1.02 bits per heavy atom. The zero-order valence-corrected chi connectivity index (χ0v) is 23.0. The highest BCUT2D eigenvalue weighted by atomic mass is 35.5. The van der Waals surface area contributed by atoms with Crippen molar-refractivity contribution in [1.82, 2.24) is 20.1 Å². The quantitative estimate of drug-likeness (QED) is 0.217. The number of rotatable bonds is 9. The molecule has 8 nitrogen and oxygen atoms in total. The fraction of sp³-hybridized carbons (Fsp3) is 0.154. The Balaban J connectivity index is 1.56. The van der Waals surface area contributed by atoms with Crippen LogP contribution in [0.4, 0.5) is 18.9 Å². The number of anilines is 1. The molecule has 0 spiro atoms. The molecule has 0 aliphatic carbocycles. The second kappa shape index (κ2) is 12.6. The SMILES string of the molecule is COc1ccccc1-n1c(CNC(=O)c2ccc(Cl)cc2Cl)nnc1SCC(=O)Nc1ccccc1C(F)(F)F. The van der Waals surface area contributed by atoms with Gasteiger partial charge in [0.15, 0.2) is 11.0 Å². The van der Waals surface area contributed by atoms with E-state index in [1.165, 1.54) is 43.5 Å². The Morgan fingerprint density at radius 2 is 1.75 bits per heavy atom. The molecule has 0 aliphatic heterocycles. The largest absolute Gasteiger partial charge is 0.495 e. The van der Waals surface area contributed by atoms with Gasteiger partial charge in [0.05, 0.1) is 46.9 Å². The van der Waals surface area contributed by atoms with Crippen LogP contribution in [-0.4, -0.2) is 39.4 Å². The number of aromatic nitrogens is 3. The number of methoxy groups -OCH3 is 1. The molecular formula is C26H20Cl2F3N5O3S. The van der Waals surface area contributed by atoms with Crippen molar-refractivity contribution >= 4 is 52.5 Å². The Morgan fingerprint density at radius 3 is 2.48 bits per heavy atom. The van der Waals surface area contributed by atoms with E-state index in [1.54, 1.807) is 28.8 Å². The number of alkyl halides is 3. The number of benzene rings is 3. The molecule has 2 amide bonds. The molecule has 14 heteroatoms. The fourth-order valence-corrected chi connectivity index (χ4v) is 4.91. The number of amides is 2. The van der Waals surface area contributed by atoms with Gasteiger partial charge in [-0.15, -0.1) is 10.2 Å². The van der Waals surface area contributed by atoms with E-state index in [-0.39, 0.29) is 33.7 Å². The number of carbonyl (C=O) groups is 2. The van der Waals surface area contributed by atoms with Crippen molar-refractivity contribution in [3.05, 3.63) is 93.7 Å². The van der Waals surface area contributed by atoms with Crippen LogP contribution in [0.2, 0.25) is 10.0 Å². The van der Waals surface area contributed by atoms with Gasteiger partial charge in [-0.25, -0.2) is 0 Å². The van der Waals surface area contributed by atoms with Crippen LogP contribution in [0.5, 0.6) is 5.75 Å². The lowest BCUT2D eigenvalue weighted by atomic mass is 10.1. The van der Waals surface area contributed by atoms with Crippen LogP contribution in [0.25, 0.3) is 5.69 Å². The van der Waals surface area contributed by atoms with E-state index in [0.29, 0.717) is 22.3 Å². The number of carbonyl (C=O) groups excluding carboxylic acids is 2. The number of para-hydroxylation sites is 3. The predicted octanol–water partition coefficient (Wildman–Crippen LogP) is 6.26. The van der Waals surface area contributed by atoms with Crippen molar-refractivity contribution in [2.75, 3.05) is 18.2 Å². The third-order valence-electron chi connectivity index (χ3n) is 5.45. The third-order valence-corrected chi connectivity index (χ3v) is 6.92. The van der Waals surface area contributed by atoms with E-state index in [1.807, 2.05) is 0 Å². The zero-order valence-electron chi connectivity index (χ0n) is 20.6. The number of halogens is 5. The van der Waals surface area contributed by atoms with Crippen LogP contribution in [0.3, 0.4) is 0 Å². The molecule has 40 heavy (non-hydrogen) atoms. The molecule has 0 bridgehead atoms. The smallest absolute Gasteiger partial charge is 0.418 e. The summed E-state index contributed by atoms with van der Waals surface area (Å²) in [6.45, 7) is -0.0748. The first-order chi connectivity index (χ1) is 19.1. The van der Waals surface area contributed by atoms with E-state index in [9.17, 15) is 22.8 Å². The van der Waals surface area contributed by atoms with Crippen LogP contribution < -0.4 is 15.4 Å². The summed E-state index contributed by atoms with van der Waals surface area (Å²) >= 11 is 13.0. The maximum atomic E-state index is 13.3. The van der Waals surface area contributed by atoms with E-state index >= 15 is 0 Å². The molecule has 0 saturated carbocycles. The summed E-state index contributed by atoms with van der Waals surface area (Å²) in [6, 6.07) is 16.1. The lowest BCUT2D eigenvalue weighted by Crippen LogP contribution is -2.25. The number of hydrogen-bond acceptors (Lipinski definition) is 6. The normalized spacial score (nSPS) is 11.2. The molecule has 0 fully saturated rings. The Hall–Kier alpha value is -3.74. The minimum absolute atomic E-state index is 0.0748. The monoisotopic (exact) mass is 609 g/mol. The van der Waals surface area contributed by atoms with Gasteiger partial charge < -0.3 is 15.4 Å². The molecule has 0 radical (unpaired) electrons. The summed E-state index contributed by atoms with van der Waals surface area (Å²) in [5, 5.41) is 14.1. The predicted molar refractivity (Wildman–Crippen MR) is 146 cm³/mol. The summed E-state index contributed by atoms with van der Waals surface area (Å²) in [5.41, 5.74) is -0.575. The summed E-state index contributed by atoms with van der Waals surface area (Å²) in [6.07, 6.45) is -4.63. The Kier molecular flexibility index (Phi) is 9.23. The van der Waals surface area contributed by atoms with Crippen LogP contribution >= 0.6 is 35.0 Å². The van der Waals surface area contributed by atoms with Crippen molar-refractivity contribution in [1.29, 1.82) is 0 Å². The van der Waals surface area contributed by atoms with Crippen molar-refractivity contribution in [2.45, 2.75) is 17.9 Å². The maximum absolute atomic E-state index is 13.3. The summed E-state index contributed by atoms with van der Waals surface area (Å²) < 4.78 is 47.0. The molecule has 208 valence electrons. The van der Waals surface area contributed by atoms with Gasteiger partial charge in [0.25, 0.3) is 5.91 Å². The maximum Gasteiger partial charge on any atom is 0.418 e. The number of nitrogens with one attached hydrogen (secondary N) is 2. The molecule has 0 unspecified atom stereocenters. The minimum Gasteiger partial charge on any atom is -0.495 e. The van der Waals surface area contributed by atoms with Crippen molar-refractivity contribution in [3.8, 4) is 11.4 Å². The first-order valence-electron chi connectivity index (χ1n) is 11.5. The van der Waals surface area contributed by atoms with E-state index in [2.05, 4.69) is 20.8 Å². The second-order valence-corrected chi connectivity index (χ2v) is 9.88. The number of ether oxygens (including phenoxy) is 1. The van der Waals surface area contributed by atoms with Gasteiger partial charge in [-0.05, 0) is 42.5 Å². The average Bonchev–Trinajstić information content (AvgIpc) is 3.32. The van der Waals surface area contributed by atoms with Crippen LogP contribution in [0, 0.1) is 0 Å². The van der Waals surface area contributed by atoms with Gasteiger partial charge in [0, 0.05) is 5.02 Å². The van der Waals surface area contributed by atoms with Gasteiger partial charge in [0.2, 0.25) is 5.91 Å². The number of nitrogens with zero attached hydrogens (tertiary/aromatic N) is 3. The van der Waals surface area contributed by atoms with Gasteiger partial charge in [0.1, 0.15) is 5.75 Å². The van der Waals surface area contributed by atoms with Gasteiger partial charge >= 0.3 is 6.18 Å². The fourth-order valence-electron chi connectivity index (χ4n) is 3.65. The number of hydrogen-bond donors (Lipinski definition) is 2. The molecular weight excluding hydrogens is 590 g/mol. The van der Waals surface area contributed by atoms with Crippen molar-refractivity contribution < 1.29 is 27.5 Å². The van der Waals surface area contributed by atoms with Crippen molar-refractivity contribution in [2.24, 2.45) is 0 Å². The lowest BCUT2D eigenvalue weighted by molar-refractivity contribution is -0.137. The first-order valence-corrected chi connectivity index (χ1v) is 13.2. The highest BCUT2D eigenvalue weighted by Crippen LogP contribution is 2.35. The molecule has 0 atom stereocenters. The minimum atomic E-state index is -4.63. The average molecular weight is 610 g/mol. The van der Waals surface area contributed by atoms with E-state index < -0.39 is 23.6 Å². The molecule has 2 N–H and O–H groups in total. The molecule has 3 aromatic carbocycles. The van der Waals surface area contributed by atoms with Crippen LogP contribution in [0.1, 0.15) is 21.7 Å². The highest BCUT2D eigenvalue weighted by Gasteiger charge is 2.33. The highest BCUT2D eigenvalue weighted by molar-refractivity contribution is 7.99. The van der Waals surface area contributed by atoms with Gasteiger partial charge in [-0.2, -0.15) is 13.2 Å². The van der Waals surface area contributed by atoms with Crippen molar-refractivity contribution in [3.63, 3.8) is 0 Å². The Bertz CT molecular complexity index is 1550. The summed E-state index contributed by atoms with van der Waals surface area (Å²) in [5.74, 6) is -0.669. The standard InChI is InChI=1S/C26H20Cl2F3N5O3S/c1-39-21-9-5-4-8-20(21)36-22(13-32-24(38)16-11-10-15(27)12-18(16)28)34-35-25(36)40-14-23(37)33-19-7-3-2-6-17(19)26(29,30)31/h2-12H,13-14H2,1H3,(H,32,38)(H,33,37). The van der Waals surface area contributed by atoms with Crippen LogP contribution in [0.15, 0.2) is 71.9 Å². The molecule has 1 heterocycles. The summed E-state index contributed by atoms with van der Waals surface area (Å²) in [4.78, 5) is 25.4. The van der Waals surface area contributed by atoms with Gasteiger partial charge in [-0.1, -0.05) is 59.2 Å². The first kappa shape index (κ1) is 29.2. The summed E-state index contributed by atoms with van der Waals surface area (Å²) in [7, 11) is 1.48. The number of thioether (sulfide) groups is 1. The molecule has 0 aliphatic rings. The van der Waals surface area contributed by atoms with Gasteiger partial charge in [-0.3, -0.25) is 14.2 Å². The third kappa shape index (κ3) is 6.87. The molecule has 1 aromatic heterocycles. The molecule has 0 saturated heterocycles. The zero-order chi connectivity index (χ0) is 28.9. The second-order valence-electron chi connectivity index (χ2n) is 8.09. The lowest BCUT2D eigenvalue weighted by Gasteiger charge is -2.15. The van der Waals surface area contributed by atoms with Crippen LogP contribution in [-0.2, 0) is 17.5 Å². The van der Waals surface area contributed by atoms with E-state index in [0.717, 1.165) is 17.8 Å². The van der Waals surface area contributed by atoms with E-state index in [4.69, 9.17) is 27.9 Å². The Labute approximate surface area is 240 Å². The molecule has 4 rings (SSSR count). The topological polar surface area (TPSA) is 98.1 Å². The molecule has 4 aromatic rings.